The van der Waals surface area contributed by atoms with Crippen LogP contribution in [0.3, 0.4) is 0 Å². The highest BCUT2D eigenvalue weighted by atomic mass is 16.2. The van der Waals surface area contributed by atoms with Crippen molar-refractivity contribution in [1.82, 2.24) is 20.0 Å². The van der Waals surface area contributed by atoms with Gasteiger partial charge >= 0.3 is 0 Å². The molecule has 1 aliphatic heterocycles. The van der Waals surface area contributed by atoms with Crippen LogP contribution < -0.4 is 11.1 Å². The van der Waals surface area contributed by atoms with Crippen molar-refractivity contribution < 1.29 is 4.79 Å². The molecule has 0 spiro atoms. The standard InChI is InChI=1S/C14H25N5O/c1-11-12(15)13(18(2)17-11)14(20)16-7-10-19-8-5-3-4-6-9-19/h3-10,15H2,1-2H3,(H,16,20). The Bertz CT molecular complexity index is 460. The van der Waals surface area contributed by atoms with Crippen LogP contribution in [0.5, 0.6) is 0 Å². The number of carbonyl (C=O) groups excluding carboxylic acids is 1. The zero-order valence-corrected chi connectivity index (χ0v) is 12.5. The number of nitrogen functional groups attached to an aromatic ring is 1. The Labute approximate surface area is 120 Å². The highest BCUT2D eigenvalue weighted by Gasteiger charge is 2.17. The second-order valence-electron chi connectivity index (χ2n) is 5.48. The molecular formula is C14H25N5O. The van der Waals surface area contributed by atoms with Gasteiger partial charge < -0.3 is 16.0 Å². The van der Waals surface area contributed by atoms with Crippen molar-refractivity contribution in [3.05, 3.63) is 11.4 Å². The summed E-state index contributed by atoms with van der Waals surface area (Å²) in [5, 5.41) is 7.10. The summed E-state index contributed by atoms with van der Waals surface area (Å²) in [5.74, 6) is -0.138. The zero-order valence-electron chi connectivity index (χ0n) is 12.5. The molecule has 1 aromatic heterocycles. The van der Waals surface area contributed by atoms with E-state index >= 15 is 0 Å². The number of rotatable bonds is 4. The lowest BCUT2D eigenvalue weighted by molar-refractivity contribution is 0.0940. The molecule has 1 aromatic rings. The average Bonchev–Trinajstić information content (AvgIpc) is 2.62. The number of nitrogens with zero attached hydrogens (tertiary/aromatic N) is 3. The Hall–Kier alpha value is -1.56. The van der Waals surface area contributed by atoms with Crippen molar-refractivity contribution in [3.8, 4) is 0 Å². The topological polar surface area (TPSA) is 76.2 Å². The lowest BCUT2D eigenvalue weighted by Gasteiger charge is -2.19. The van der Waals surface area contributed by atoms with Crippen molar-refractivity contribution >= 4 is 11.6 Å². The van der Waals surface area contributed by atoms with E-state index in [9.17, 15) is 4.79 Å². The van der Waals surface area contributed by atoms with Gasteiger partial charge in [-0.15, -0.1) is 0 Å². The van der Waals surface area contributed by atoms with Gasteiger partial charge in [0.1, 0.15) is 5.69 Å². The van der Waals surface area contributed by atoms with Gasteiger partial charge in [-0.25, -0.2) is 0 Å². The number of hydrogen-bond acceptors (Lipinski definition) is 4. The van der Waals surface area contributed by atoms with Crippen LogP contribution in [-0.2, 0) is 7.05 Å². The predicted octanol–water partition coefficient (Wildman–Crippen LogP) is 0.917. The Kier molecular flexibility index (Phi) is 5.00. The third kappa shape index (κ3) is 3.50. The average molecular weight is 279 g/mol. The van der Waals surface area contributed by atoms with Crippen LogP contribution in [-0.4, -0.2) is 46.8 Å². The number of anilines is 1. The van der Waals surface area contributed by atoms with Crippen molar-refractivity contribution in [3.63, 3.8) is 0 Å². The number of hydrogen-bond donors (Lipinski definition) is 2. The van der Waals surface area contributed by atoms with Gasteiger partial charge in [-0.3, -0.25) is 9.48 Å². The quantitative estimate of drug-likeness (QED) is 0.859. The number of aromatic nitrogens is 2. The van der Waals surface area contributed by atoms with E-state index in [2.05, 4.69) is 15.3 Å². The van der Waals surface area contributed by atoms with E-state index in [1.807, 2.05) is 6.92 Å². The second kappa shape index (κ2) is 6.74. The molecule has 1 fully saturated rings. The van der Waals surface area contributed by atoms with E-state index in [0.717, 1.165) is 19.6 Å². The van der Waals surface area contributed by atoms with E-state index in [1.165, 1.54) is 25.7 Å². The summed E-state index contributed by atoms with van der Waals surface area (Å²) in [6, 6.07) is 0. The maximum absolute atomic E-state index is 12.1. The van der Waals surface area contributed by atoms with Crippen LogP contribution in [0.4, 0.5) is 5.69 Å². The number of nitrogens with two attached hydrogens (primary N) is 1. The Morgan fingerprint density at radius 1 is 1.30 bits per heavy atom. The van der Waals surface area contributed by atoms with Crippen molar-refractivity contribution in [2.45, 2.75) is 32.6 Å². The molecule has 6 heteroatoms. The van der Waals surface area contributed by atoms with Crippen LogP contribution >= 0.6 is 0 Å². The first-order chi connectivity index (χ1) is 9.59. The molecule has 0 aromatic carbocycles. The summed E-state index contributed by atoms with van der Waals surface area (Å²) in [4.78, 5) is 14.6. The normalized spacial score (nSPS) is 16.9. The van der Waals surface area contributed by atoms with Gasteiger partial charge in [0.15, 0.2) is 0 Å². The zero-order chi connectivity index (χ0) is 14.5. The fraction of sp³-hybridized carbons (Fsp3) is 0.714. The largest absolute Gasteiger partial charge is 0.395 e. The first-order valence-corrected chi connectivity index (χ1v) is 7.39. The van der Waals surface area contributed by atoms with E-state index in [0.29, 0.717) is 23.6 Å². The molecule has 0 unspecified atom stereocenters. The first-order valence-electron chi connectivity index (χ1n) is 7.39. The summed E-state index contributed by atoms with van der Waals surface area (Å²) in [5.41, 5.74) is 7.51. The molecule has 1 saturated heterocycles. The van der Waals surface area contributed by atoms with Gasteiger partial charge in [-0.2, -0.15) is 5.10 Å². The molecule has 0 bridgehead atoms. The van der Waals surface area contributed by atoms with Crippen LogP contribution in [0.2, 0.25) is 0 Å². The minimum absolute atomic E-state index is 0.138. The highest BCUT2D eigenvalue weighted by Crippen LogP contribution is 2.14. The van der Waals surface area contributed by atoms with Crippen molar-refractivity contribution in [2.24, 2.45) is 7.05 Å². The predicted molar refractivity (Wildman–Crippen MR) is 79.6 cm³/mol. The molecule has 1 amide bonds. The number of carbonyl (C=O) groups is 1. The summed E-state index contributed by atoms with van der Waals surface area (Å²) >= 11 is 0. The molecule has 6 nitrogen and oxygen atoms in total. The molecule has 112 valence electrons. The molecule has 1 aliphatic rings. The summed E-state index contributed by atoms with van der Waals surface area (Å²) in [7, 11) is 1.74. The minimum atomic E-state index is -0.138. The number of amides is 1. The fourth-order valence-electron chi connectivity index (χ4n) is 2.71. The lowest BCUT2D eigenvalue weighted by atomic mass is 10.2. The number of likely N-dealkylation sites (tertiary alicyclic amines) is 1. The van der Waals surface area contributed by atoms with Crippen LogP contribution in [0, 0.1) is 6.92 Å². The smallest absolute Gasteiger partial charge is 0.271 e. The van der Waals surface area contributed by atoms with Gasteiger partial charge in [0.2, 0.25) is 0 Å². The summed E-state index contributed by atoms with van der Waals surface area (Å²) in [6.07, 6.45) is 5.19. The third-order valence-electron chi connectivity index (χ3n) is 3.90. The maximum atomic E-state index is 12.1. The van der Waals surface area contributed by atoms with Crippen molar-refractivity contribution in [2.75, 3.05) is 31.9 Å². The monoisotopic (exact) mass is 279 g/mol. The minimum Gasteiger partial charge on any atom is -0.395 e. The molecule has 0 saturated carbocycles. The Morgan fingerprint density at radius 3 is 2.50 bits per heavy atom. The fourth-order valence-corrected chi connectivity index (χ4v) is 2.71. The van der Waals surface area contributed by atoms with Gasteiger partial charge in [-0.05, 0) is 32.9 Å². The Morgan fingerprint density at radius 2 is 1.95 bits per heavy atom. The lowest BCUT2D eigenvalue weighted by Crippen LogP contribution is -2.36. The van der Waals surface area contributed by atoms with E-state index in [4.69, 9.17) is 5.73 Å². The first kappa shape index (κ1) is 14.8. The SMILES string of the molecule is Cc1nn(C)c(C(=O)NCCN2CCCCCC2)c1N. The van der Waals surface area contributed by atoms with Gasteiger partial charge in [0, 0.05) is 20.1 Å². The van der Waals surface area contributed by atoms with E-state index < -0.39 is 0 Å². The summed E-state index contributed by atoms with van der Waals surface area (Å²) < 4.78 is 1.55. The molecular weight excluding hydrogens is 254 g/mol. The van der Waals surface area contributed by atoms with Gasteiger partial charge in [0.25, 0.3) is 5.91 Å². The third-order valence-corrected chi connectivity index (χ3v) is 3.90. The van der Waals surface area contributed by atoms with Crippen LogP contribution in [0.25, 0.3) is 0 Å². The van der Waals surface area contributed by atoms with E-state index in [1.54, 1.807) is 11.7 Å². The Balaban J connectivity index is 1.83. The van der Waals surface area contributed by atoms with Crippen LogP contribution in [0.1, 0.15) is 41.9 Å². The highest BCUT2D eigenvalue weighted by molar-refractivity contribution is 5.97. The van der Waals surface area contributed by atoms with Gasteiger partial charge in [-0.1, -0.05) is 12.8 Å². The second-order valence-corrected chi connectivity index (χ2v) is 5.48. The molecule has 2 heterocycles. The number of nitrogens with one attached hydrogen (secondary N) is 1. The molecule has 3 N–H and O–H groups in total. The van der Waals surface area contributed by atoms with Gasteiger partial charge in [0.05, 0.1) is 11.4 Å². The molecule has 2 rings (SSSR count). The molecule has 0 aliphatic carbocycles. The van der Waals surface area contributed by atoms with Crippen molar-refractivity contribution in [1.29, 1.82) is 0 Å². The van der Waals surface area contributed by atoms with E-state index in [-0.39, 0.29) is 5.91 Å². The maximum Gasteiger partial charge on any atom is 0.271 e. The molecule has 0 radical (unpaired) electrons. The molecule has 0 atom stereocenters. The summed E-state index contributed by atoms with van der Waals surface area (Å²) in [6.45, 7) is 5.65. The van der Waals surface area contributed by atoms with Crippen LogP contribution in [0.15, 0.2) is 0 Å². The molecule has 20 heavy (non-hydrogen) atoms. The number of aryl methyl sites for hydroxylation is 2.